The molecule has 0 aliphatic rings. The van der Waals surface area contributed by atoms with Crippen molar-refractivity contribution in [3.05, 3.63) is 23.8 Å². The summed E-state index contributed by atoms with van der Waals surface area (Å²) in [5.74, 6) is 1.26. The molecule has 0 radical (unpaired) electrons. The smallest absolute Gasteiger partial charge is 0.407 e. The number of nitrogens with zero attached hydrogens (tertiary/aromatic N) is 1. The van der Waals surface area contributed by atoms with Crippen LogP contribution in [-0.4, -0.2) is 26.9 Å². The van der Waals surface area contributed by atoms with Crippen molar-refractivity contribution >= 4 is 6.09 Å². The third kappa shape index (κ3) is 5.17. The number of methoxy groups -OCH3 is 2. The van der Waals surface area contributed by atoms with Gasteiger partial charge in [0.15, 0.2) is 0 Å². The first-order valence-corrected chi connectivity index (χ1v) is 5.69. The van der Waals surface area contributed by atoms with E-state index in [-0.39, 0.29) is 19.6 Å². The molecule has 0 aromatic heterocycles. The van der Waals surface area contributed by atoms with Gasteiger partial charge in [0.25, 0.3) is 0 Å². The van der Waals surface area contributed by atoms with Crippen molar-refractivity contribution in [1.82, 2.24) is 5.32 Å². The summed E-state index contributed by atoms with van der Waals surface area (Å²) in [5.41, 5.74) is 0.756. The van der Waals surface area contributed by atoms with Gasteiger partial charge < -0.3 is 19.5 Å². The Morgan fingerprint density at radius 1 is 1.26 bits per heavy atom. The lowest BCUT2D eigenvalue weighted by molar-refractivity contribution is 0.139. The molecular weight excluding hydrogens is 248 g/mol. The predicted molar refractivity (Wildman–Crippen MR) is 68.0 cm³/mol. The van der Waals surface area contributed by atoms with Gasteiger partial charge in [-0.1, -0.05) is 0 Å². The number of rotatable bonds is 6. The Labute approximate surface area is 111 Å². The van der Waals surface area contributed by atoms with E-state index in [0.29, 0.717) is 11.5 Å². The molecule has 102 valence electrons. The van der Waals surface area contributed by atoms with Crippen LogP contribution in [0.5, 0.6) is 11.5 Å². The maximum absolute atomic E-state index is 11.3. The molecule has 1 amide bonds. The Balaban J connectivity index is 2.52. The van der Waals surface area contributed by atoms with Gasteiger partial charge in [0.2, 0.25) is 0 Å². The summed E-state index contributed by atoms with van der Waals surface area (Å²) in [5, 5.41) is 10.8. The first-order chi connectivity index (χ1) is 9.19. The van der Waals surface area contributed by atoms with Gasteiger partial charge in [-0.05, 0) is 17.7 Å². The average molecular weight is 264 g/mol. The molecule has 0 fully saturated rings. The molecule has 6 nitrogen and oxygen atoms in total. The number of alkyl carbamates (subject to hydrolysis) is 1. The molecule has 0 unspecified atom stereocenters. The third-order valence-electron chi connectivity index (χ3n) is 2.29. The fraction of sp³-hybridized carbons (Fsp3) is 0.385. The summed E-state index contributed by atoms with van der Waals surface area (Å²) in [4.78, 5) is 11.3. The van der Waals surface area contributed by atoms with Crippen LogP contribution in [0.2, 0.25) is 0 Å². The molecule has 0 saturated carbocycles. The molecule has 1 aromatic carbocycles. The van der Waals surface area contributed by atoms with Gasteiger partial charge in [-0.2, -0.15) is 5.26 Å². The number of ether oxygens (including phenoxy) is 3. The van der Waals surface area contributed by atoms with Crippen molar-refractivity contribution in [2.24, 2.45) is 0 Å². The highest BCUT2D eigenvalue weighted by atomic mass is 16.5. The number of hydrogen-bond acceptors (Lipinski definition) is 5. The highest BCUT2D eigenvalue weighted by Crippen LogP contribution is 2.22. The first-order valence-electron chi connectivity index (χ1n) is 5.69. The van der Waals surface area contributed by atoms with Crippen molar-refractivity contribution in [2.45, 2.75) is 13.0 Å². The molecule has 0 aliphatic heterocycles. The largest absolute Gasteiger partial charge is 0.497 e. The average Bonchev–Trinajstić information content (AvgIpc) is 2.45. The molecule has 0 saturated heterocycles. The van der Waals surface area contributed by atoms with E-state index < -0.39 is 6.09 Å². The van der Waals surface area contributed by atoms with Crippen LogP contribution in [0.3, 0.4) is 0 Å². The molecule has 0 aliphatic carbocycles. The van der Waals surface area contributed by atoms with Crippen LogP contribution in [0.15, 0.2) is 18.2 Å². The summed E-state index contributed by atoms with van der Waals surface area (Å²) in [6.07, 6.45) is -0.306. The van der Waals surface area contributed by atoms with Crippen molar-refractivity contribution in [1.29, 1.82) is 5.26 Å². The highest BCUT2D eigenvalue weighted by Gasteiger charge is 2.05. The lowest BCUT2D eigenvalue weighted by Crippen LogP contribution is -2.24. The Kier molecular flexibility index (Phi) is 6.03. The van der Waals surface area contributed by atoms with Crippen LogP contribution in [0, 0.1) is 11.3 Å². The molecule has 1 rings (SSSR count). The molecular formula is C13H16N2O4. The zero-order valence-corrected chi connectivity index (χ0v) is 10.9. The van der Waals surface area contributed by atoms with E-state index >= 15 is 0 Å². The zero-order valence-electron chi connectivity index (χ0n) is 10.9. The van der Waals surface area contributed by atoms with E-state index in [1.54, 1.807) is 32.4 Å². The van der Waals surface area contributed by atoms with Gasteiger partial charge in [0, 0.05) is 12.6 Å². The predicted octanol–water partition coefficient (Wildman–Crippen LogP) is 1.84. The second-order valence-electron chi connectivity index (χ2n) is 3.63. The van der Waals surface area contributed by atoms with E-state index in [4.69, 9.17) is 19.5 Å². The summed E-state index contributed by atoms with van der Waals surface area (Å²) in [6.45, 7) is 0.378. The number of benzene rings is 1. The molecule has 0 heterocycles. The maximum atomic E-state index is 11.3. The topological polar surface area (TPSA) is 80.6 Å². The van der Waals surface area contributed by atoms with Crippen LogP contribution in [-0.2, 0) is 11.3 Å². The summed E-state index contributed by atoms with van der Waals surface area (Å²) < 4.78 is 15.2. The maximum Gasteiger partial charge on any atom is 0.407 e. The number of nitrogens with one attached hydrogen (secondary N) is 1. The molecule has 0 atom stereocenters. The monoisotopic (exact) mass is 264 g/mol. The highest BCUT2D eigenvalue weighted by molar-refractivity contribution is 5.67. The number of carbonyl (C=O) groups is 1. The second kappa shape index (κ2) is 7.82. The van der Waals surface area contributed by atoms with Gasteiger partial charge in [0.1, 0.15) is 18.1 Å². The van der Waals surface area contributed by atoms with Gasteiger partial charge in [-0.15, -0.1) is 0 Å². The van der Waals surface area contributed by atoms with E-state index in [1.807, 2.05) is 6.07 Å². The summed E-state index contributed by atoms with van der Waals surface area (Å²) in [7, 11) is 3.10. The number of nitriles is 1. The lowest BCUT2D eigenvalue weighted by Gasteiger charge is -2.09. The summed E-state index contributed by atoms with van der Waals surface area (Å²) >= 11 is 0. The first kappa shape index (κ1) is 14.6. The van der Waals surface area contributed by atoms with E-state index in [0.717, 1.165) is 5.56 Å². The Bertz CT molecular complexity index is 446. The molecule has 1 N–H and O–H groups in total. The van der Waals surface area contributed by atoms with Crippen molar-refractivity contribution in [3.8, 4) is 17.6 Å². The quantitative estimate of drug-likeness (QED) is 0.793. The Morgan fingerprint density at radius 3 is 2.42 bits per heavy atom. The van der Waals surface area contributed by atoms with Gasteiger partial charge >= 0.3 is 6.09 Å². The van der Waals surface area contributed by atoms with Gasteiger partial charge in [0.05, 0.1) is 26.7 Å². The van der Waals surface area contributed by atoms with Crippen LogP contribution in [0.1, 0.15) is 12.0 Å². The van der Waals surface area contributed by atoms with Crippen LogP contribution in [0.25, 0.3) is 0 Å². The second-order valence-corrected chi connectivity index (χ2v) is 3.63. The van der Waals surface area contributed by atoms with Gasteiger partial charge in [-0.3, -0.25) is 0 Å². The minimum atomic E-state index is -0.558. The van der Waals surface area contributed by atoms with Crippen LogP contribution >= 0.6 is 0 Å². The lowest BCUT2D eigenvalue weighted by atomic mass is 10.2. The molecule has 6 heteroatoms. The van der Waals surface area contributed by atoms with E-state index in [2.05, 4.69) is 5.32 Å². The fourth-order valence-electron chi connectivity index (χ4n) is 1.37. The van der Waals surface area contributed by atoms with Crippen LogP contribution < -0.4 is 14.8 Å². The van der Waals surface area contributed by atoms with E-state index in [9.17, 15) is 4.79 Å². The number of carbonyl (C=O) groups excluding carboxylic acids is 1. The molecule has 19 heavy (non-hydrogen) atoms. The number of amides is 1. The SMILES string of the molecule is COc1cc(COC(=O)NCCC#N)cc(OC)c1. The number of hydrogen-bond donors (Lipinski definition) is 1. The van der Waals surface area contributed by atoms with Crippen LogP contribution in [0.4, 0.5) is 4.79 Å². The normalized spacial score (nSPS) is 9.32. The van der Waals surface area contributed by atoms with Crippen molar-refractivity contribution in [2.75, 3.05) is 20.8 Å². The molecule has 0 spiro atoms. The zero-order chi connectivity index (χ0) is 14.1. The minimum Gasteiger partial charge on any atom is -0.497 e. The molecule has 1 aromatic rings. The summed E-state index contributed by atoms with van der Waals surface area (Å²) in [6, 6.07) is 7.17. The Hall–Kier alpha value is -2.42. The minimum absolute atomic E-state index is 0.103. The van der Waals surface area contributed by atoms with Crippen molar-refractivity contribution < 1.29 is 19.0 Å². The van der Waals surface area contributed by atoms with Gasteiger partial charge in [-0.25, -0.2) is 4.79 Å². The van der Waals surface area contributed by atoms with Crippen molar-refractivity contribution in [3.63, 3.8) is 0 Å². The fourth-order valence-corrected chi connectivity index (χ4v) is 1.37. The standard InChI is InChI=1S/C13H16N2O4/c1-17-11-6-10(7-12(8-11)18-2)9-19-13(16)15-5-3-4-14/h6-8H,3,5,9H2,1-2H3,(H,15,16). The third-order valence-corrected chi connectivity index (χ3v) is 2.29. The van der Waals surface area contributed by atoms with E-state index in [1.165, 1.54) is 0 Å². The Morgan fingerprint density at radius 2 is 1.89 bits per heavy atom. The molecule has 0 bridgehead atoms.